The number of rotatable bonds is 2. The Hall–Kier alpha value is -1.43. The van der Waals surface area contributed by atoms with Crippen molar-refractivity contribution in [3.8, 4) is 5.75 Å². The summed E-state index contributed by atoms with van der Waals surface area (Å²) in [5.74, 6) is -0.0897. The van der Waals surface area contributed by atoms with E-state index < -0.39 is 0 Å². The van der Waals surface area contributed by atoms with E-state index in [1.54, 1.807) is 13.0 Å². The van der Waals surface area contributed by atoms with Crippen molar-refractivity contribution in [2.24, 2.45) is 15.9 Å². The van der Waals surface area contributed by atoms with Crippen molar-refractivity contribution >= 4 is 34.3 Å². The fourth-order valence-electron chi connectivity index (χ4n) is 2.44. The van der Waals surface area contributed by atoms with Crippen LogP contribution in [0.25, 0.3) is 10.8 Å². The van der Waals surface area contributed by atoms with Gasteiger partial charge in [0, 0.05) is 0 Å². The second-order valence-corrected chi connectivity index (χ2v) is 6.13. The van der Waals surface area contributed by atoms with Crippen molar-refractivity contribution in [3.05, 3.63) is 106 Å². The monoisotopic (exact) mass is 435 g/mol. The van der Waals surface area contributed by atoms with E-state index in [1.165, 1.54) is 6.07 Å². The molecular formula is C23H21N3OSTi+2. The van der Waals surface area contributed by atoms with Crippen LogP contribution in [0.1, 0.15) is 12.5 Å². The van der Waals surface area contributed by atoms with Crippen LogP contribution in [0.3, 0.4) is 0 Å². The summed E-state index contributed by atoms with van der Waals surface area (Å²) in [6, 6.07) is 10.9. The predicted molar refractivity (Wildman–Crippen MR) is 118 cm³/mol. The molecule has 2 saturated carbocycles. The second kappa shape index (κ2) is 14.5. The maximum atomic E-state index is 11.9. The van der Waals surface area contributed by atoms with Gasteiger partial charge in [-0.3, -0.25) is 0 Å². The largest absolute Gasteiger partial charge is 4.00 e. The zero-order valence-electron chi connectivity index (χ0n) is 16.0. The third-order valence-corrected chi connectivity index (χ3v) is 3.74. The molecule has 6 heteroatoms. The summed E-state index contributed by atoms with van der Waals surface area (Å²) in [5.41, 5.74) is 6.29. The van der Waals surface area contributed by atoms with E-state index in [0.717, 1.165) is 10.8 Å². The number of fused-ring (bicyclic) bond motifs is 1. The number of nitrogens with two attached hydrogens (primary N) is 1. The molecule has 29 heavy (non-hydrogen) atoms. The number of benzene rings is 2. The molecule has 2 N–H and O–H groups in total. The van der Waals surface area contributed by atoms with Crippen molar-refractivity contribution in [1.29, 1.82) is 0 Å². The number of hydrogen-bond acceptors (Lipinski definition) is 4. The van der Waals surface area contributed by atoms with Gasteiger partial charge in [0.1, 0.15) is 0 Å². The first-order chi connectivity index (χ1) is 13.6. The molecule has 0 amide bonds. The molecule has 4 nitrogen and oxygen atoms in total. The Morgan fingerprint density at radius 3 is 1.76 bits per heavy atom. The van der Waals surface area contributed by atoms with Gasteiger partial charge in [-0.1, -0.05) is 42.1 Å². The van der Waals surface area contributed by atoms with Crippen molar-refractivity contribution in [2.45, 2.75) is 6.92 Å². The SMILES string of the molecule is C/C(=N\N=C(/N)[S-])c1c([O-])ccc2ccccc12.[CH]1[CH][CH][CH][CH]1.[CH]1[CH][CH][CH][CH]1.[Ti+4]. The average molecular weight is 435 g/mol. The molecule has 142 valence electrons. The molecule has 0 atom stereocenters. The zero-order valence-corrected chi connectivity index (χ0v) is 18.4. The van der Waals surface area contributed by atoms with Crippen LogP contribution in [0.4, 0.5) is 0 Å². The molecule has 0 spiro atoms. The topological polar surface area (TPSA) is 73.8 Å². The minimum absolute atomic E-state index is 0. The van der Waals surface area contributed by atoms with Gasteiger partial charge >= 0.3 is 21.7 Å². The van der Waals surface area contributed by atoms with Crippen LogP contribution in [-0.4, -0.2) is 10.9 Å². The molecule has 2 aromatic rings. The third-order valence-electron chi connectivity index (χ3n) is 3.66. The van der Waals surface area contributed by atoms with Crippen LogP contribution in [0.5, 0.6) is 5.75 Å². The van der Waals surface area contributed by atoms with E-state index in [-0.39, 0.29) is 32.6 Å². The molecule has 0 aromatic heterocycles. The Morgan fingerprint density at radius 2 is 1.28 bits per heavy atom. The van der Waals surface area contributed by atoms with Gasteiger partial charge in [-0.05, 0) is 92.6 Å². The number of amidine groups is 1. The molecule has 0 unspecified atom stereocenters. The number of hydrogen-bond donors (Lipinski definition) is 1. The van der Waals surface area contributed by atoms with Crippen LogP contribution >= 0.6 is 0 Å². The summed E-state index contributed by atoms with van der Waals surface area (Å²) in [7, 11) is 0. The van der Waals surface area contributed by atoms with E-state index in [9.17, 15) is 5.11 Å². The van der Waals surface area contributed by atoms with Crippen molar-refractivity contribution in [2.75, 3.05) is 0 Å². The summed E-state index contributed by atoms with van der Waals surface area (Å²) < 4.78 is 0. The Bertz CT molecular complexity index is 771. The van der Waals surface area contributed by atoms with E-state index in [1.807, 2.05) is 88.5 Å². The summed E-state index contributed by atoms with van der Waals surface area (Å²) in [6.45, 7) is 1.71. The fourth-order valence-corrected chi connectivity index (χ4v) is 2.48. The first-order valence-electron chi connectivity index (χ1n) is 8.67. The van der Waals surface area contributed by atoms with Crippen LogP contribution in [0.15, 0.2) is 46.6 Å². The Kier molecular flexibility index (Phi) is 12.8. The van der Waals surface area contributed by atoms with Gasteiger partial charge in [0.25, 0.3) is 0 Å². The van der Waals surface area contributed by atoms with E-state index in [2.05, 4.69) is 22.8 Å². The molecule has 2 aliphatic rings. The molecule has 0 aliphatic heterocycles. The average Bonchev–Trinajstić information content (AvgIpc) is 3.45. The van der Waals surface area contributed by atoms with E-state index in [4.69, 9.17) is 5.73 Å². The van der Waals surface area contributed by atoms with Crippen LogP contribution < -0.4 is 10.8 Å². The van der Waals surface area contributed by atoms with Gasteiger partial charge in [0.15, 0.2) is 0 Å². The summed E-state index contributed by atoms with van der Waals surface area (Å²) in [6.07, 6.45) is 20.0. The van der Waals surface area contributed by atoms with Crippen molar-refractivity contribution < 1.29 is 26.8 Å². The molecule has 2 aliphatic carbocycles. The second-order valence-electron chi connectivity index (χ2n) is 5.71. The van der Waals surface area contributed by atoms with Gasteiger partial charge in [-0.2, -0.15) is 10.2 Å². The Balaban J connectivity index is 0.000000311. The van der Waals surface area contributed by atoms with Crippen LogP contribution in [-0.2, 0) is 34.3 Å². The zero-order chi connectivity index (χ0) is 20.2. The summed E-state index contributed by atoms with van der Waals surface area (Å²) in [4.78, 5) is 0. The van der Waals surface area contributed by atoms with Gasteiger partial charge < -0.3 is 23.5 Å². The smallest absolute Gasteiger partial charge is 0.872 e. The standard InChI is InChI=1S/C13H13N3OS.2C5H5.Ti/c1-8(15-16-13(14)18)12-10-5-3-2-4-9(10)6-7-11(12)17;2*1-2-4-5-3-1;/h2-7,17H,1H3,(H3,14,16,18);2*1-5H;/q;;;+4/p-2/b15-8+;;;. The summed E-state index contributed by atoms with van der Waals surface area (Å²) in [5, 5.41) is 21.2. The third kappa shape index (κ3) is 9.28. The predicted octanol–water partition coefficient (Wildman–Crippen LogP) is 3.54. The quantitative estimate of drug-likeness (QED) is 0.258. The molecule has 4 rings (SSSR count). The van der Waals surface area contributed by atoms with E-state index >= 15 is 0 Å². The Labute approximate surface area is 195 Å². The van der Waals surface area contributed by atoms with Gasteiger partial charge in [-0.15, -0.1) is 0 Å². The van der Waals surface area contributed by atoms with Gasteiger partial charge in [0.2, 0.25) is 0 Å². The molecule has 0 heterocycles. The first kappa shape index (κ1) is 25.6. The molecule has 0 saturated heterocycles. The maximum absolute atomic E-state index is 11.9. The molecule has 2 fully saturated rings. The Morgan fingerprint density at radius 1 is 0.793 bits per heavy atom. The fraction of sp³-hybridized carbons (Fsp3) is 0.0435. The van der Waals surface area contributed by atoms with E-state index in [0.29, 0.717) is 11.3 Å². The van der Waals surface area contributed by atoms with Gasteiger partial charge in [0.05, 0.1) is 5.71 Å². The van der Waals surface area contributed by atoms with Crippen LogP contribution in [0, 0.1) is 64.2 Å². The maximum Gasteiger partial charge on any atom is 4.00 e. The van der Waals surface area contributed by atoms with Crippen molar-refractivity contribution in [1.82, 2.24) is 0 Å². The minimum atomic E-state index is -0.0897. The molecular weight excluding hydrogens is 414 g/mol. The number of nitrogens with zero attached hydrogens (tertiary/aromatic N) is 2. The molecule has 2 aromatic carbocycles. The summed E-state index contributed by atoms with van der Waals surface area (Å²) >= 11 is 4.62. The van der Waals surface area contributed by atoms with Gasteiger partial charge in [-0.25, -0.2) is 0 Å². The first-order valence-corrected chi connectivity index (χ1v) is 9.07. The minimum Gasteiger partial charge on any atom is -0.872 e. The molecule has 0 bridgehead atoms. The normalized spacial score (nSPS) is 16.3. The molecule has 10 radical (unpaired) electrons. The van der Waals surface area contributed by atoms with Crippen LogP contribution in [0.2, 0.25) is 0 Å². The van der Waals surface area contributed by atoms with Crippen molar-refractivity contribution in [3.63, 3.8) is 0 Å².